The van der Waals surface area contributed by atoms with Crippen molar-refractivity contribution in [3.63, 3.8) is 0 Å². The standard InChI is InChI=1S/C50H92O6/c1-4-7-10-13-16-19-21-23-24-25-26-27-28-30-31-34-37-40-43-49(52)55-46-47(45-54-48(51)42-39-36-33-18-15-12-9-6-3)56-50(53)44-41-38-35-32-29-22-20-17-14-11-8-5-2/h17,20,24-25,47H,4-16,18-19,21-23,26-46H2,1-3H3/b20-17-,25-24-. The fraction of sp³-hybridized carbons (Fsp3) is 0.860. The number of hydrogen-bond donors (Lipinski definition) is 0. The largest absolute Gasteiger partial charge is 0.462 e. The van der Waals surface area contributed by atoms with Crippen LogP contribution in [0.3, 0.4) is 0 Å². The molecule has 0 N–H and O–H groups in total. The Morgan fingerprint density at radius 2 is 0.589 bits per heavy atom. The van der Waals surface area contributed by atoms with Crippen LogP contribution < -0.4 is 0 Å². The van der Waals surface area contributed by atoms with Crippen LogP contribution in [0.1, 0.15) is 258 Å². The molecule has 1 unspecified atom stereocenters. The van der Waals surface area contributed by atoms with Crippen molar-refractivity contribution in [2.24, 2.45) is 0 Å². The predicted octanol–water partition coefficient (Wildman–Crippen LogP) is 15.6. The Hall–Kier alpha value is -2.11. The lowest BCUT2D eigenvalue weighted by atomic mass is 10.1. The van der Waals surface area contributed by atoms with E-state index in [0.717, 1.165) is 64.2 Å². The summed E-state index contributed by atoms with van der Waals surface area (Å²) in [5.41, 5.74) is 0. The Bertz CT molecular complexity index is 911. The van der Waals surface area contributed by atoms with Gasteiger partial charge in [0.1, 0.15) is 13.2 Å². The quantitative estimate of drug-likeness (QED) is 0.0265. The van der Waals surface area contributed by atoms with Crippen molar-refractivity contribution in [1.29, 1.82) is 0 Å². The van der Waals surface area contributed by atoms with Gasteiger partial charge < -0.3 is 14.2 Å². The summed E-state index contributed by atoms with van der Waals surface area (Å²) in [5, 5.41) is 0. The van der Waals surface area contributed by atoms with E-state index in [0.29, 0.717) is 19.3 Å². The number of carbonyl (C=O) groups is 3. The minimum absolute atomic E-state index is 0.0736. The third-order valence-corrected chi connectivity index (χ3v) is 10.7. The summed E-state index contributed by atoms with van der Waals surface area (Å²) < 4.78 is 16.7. The molecule has 0 aliphatic heterocycles. The monoisotopic (exact) mass is 789 g/mol. The summed E-state index contributed by atoms with van der Waals surface area (Å²) in [4.78, 5) is 37.7. The summed E-state index contributed by atoms with van der Waals surface area (Å²) in [6, 6.07) is 0. The molecule has 0 aromatic rings. The average molecular weight is 789 g/mol. The van der Waals surface area contributed by atoms with Gasteiger partial charge in [0.15, 0.2) is 6.10 Å². The van der Waals surface area contributed by atoms with E-state index < -0.39 is 6.10 Å². The highest BCUT2D eigenvalue weighted by atomic mass is 16.6. The second-order valence-electron chi connectivity index (χ2n) is 16.4. The van der Waals surface area contributed by atoms with Gasteiger partial charge >= 0.3 is 17.9 Å². The molecule has 6 heteroatoms. The molecule has 0 radical (unpaired) electrons. The fourth-order valence-electron chi connectivity index (χ4n) is 6.96. The van der Waals surface area contributed by atoms with Crippen LogP contribution in [0.15, 0.2) is 24.3 Å². The number of carbonyl (C=O) groups excluding carboxylic acids is 3. The van der Waals surface area contributed by atoms with Crippen LogP contribution in [0.2, 0.25) is 0 Å². The molecule has 0 aliphatic rings. The number of hydrogen-bond acceptors (Lipinski definition) is 6. The van der Waals surface area contributed by atoms with Crippen LogP contribution in [-0.4, -0.2) is 37.2 Å². The number of ether oxygens (including phenoxy) is 3. The van der Waals surface area contributed by atoms with Gasteiger partial charge in [-0.3, -0.25) is 14.4 Å². The molecule has 0 heterocycles. The highest BCUT2D eigenvalue weighted by Crippen LogP contribution is 2.14. The lowest BCUT2D eigenvalue weighted by molar-refractivity contribution is -0.167. The molecule has 0 amide bonds. The van der Waals surface area contributed by atoms with Gasteiger partial charge in [-0.2, -0.15) is 0 Å². The van der Waals surface area contributed by atoms with Gasteiger partial charge in [0.2, 0.25) is 0 Å². The van der Waals surface area contributed by atoms with E-state index in [2.05, 4.69) is 45.1 Å². The Morgan fingerprint density at radius 3 is 0.929 bits per heavy atom. The highest BCUT2D eigenvalue weighted by molar-refractivity contribution is 5.71. The van der Waals surface area contributed by atoms with Crippen LogP contribution in [0, 0.1) is 0 Å². The first-order valence-electron chi connectivity index (χ1n) is 24.3. The Kier molecular flexibility index (Phi) is 43.9. The minimum atomic E-state index is -0.770. The van der Waals surface area contributed by atoms with Crippen molar-refractivity contribution in [3.8, 4) is 0 Å². The zero-order chi connectivity index (χ0) is 40.8. The number of esters is 3. The molecule has 1 atom stereocenters. The summed E-state index contributed by atoms with van der Waals surface area (Å²) >= 11 is 0. The van der Waals surface area contributed by atoms with Gasteiger partial charge in [-0.15, -0.1) is 0 Å². The maximum atomic E-state index is 12.7. The molecular weight excluding hydrogens is 697 g/mol. The molecule has 0 spiro atoms. The molecule has 56 heavy (non-hydrogen) atoms. The van der Waals surface area contributed by atoms with E-state index in [1.165, 1.54) is 154 Å². The zero-order valence-electron chi connectivity index (χ0n) is 37.4. The molecule has 0 fully saturated rings. The van der Waals surface area contributed by atoms with Crippen LogP contribution in [-0.2, 0) is 28.6 Å². The Labute approximate surface area is 347 Å². The predicted molar refractivity (Wildman–Crippen MR) is 238 cm³/mol. The molecule has 0 aromatic heterocycles. The van der Waals surface area contributed by atoms with E-state index in [-0.39, 0.29) is 31.1 Å². The molecular formula is C50H92O6. The summed E-state index contributed by atoms with van der Waals surface area (Å²) in [6.45, 7) is 6.58. The summed E-state index contributed by atoms with van der Waals surface area (Å²) in [7, 11) is 0. The maximum Gasteiger partial charge on any atom is 0.306 e. The minimum Gasteiger partial charge on any atom is -0.462 e. The van der Waals surface area contributed by atoms with Crippen LogP contribution in [0.25, 0.3) is 0 Å². The number of unbranched alkanes of at least 4 members (excludes halogenated alkanes) is 29. The van der Waals surface area contributed by atoms with E-state index in [4.69, 9.17) is 14.2 Å². The molecule has 0 saturated heterocycles. The fourth-order valence-corrected chi connectivity index (χ4v) is 6.96. The Balaban J connectivity index is 4.27. The van der Waals surface area contributed by atoms with Gasteiger partial charge in [-0.05, 0) is 70.6 Å². The van der Waals surface area contributed by atoms with Crippen molar-refractivity contribution >= 4 is 17.9 Å². The van der Waals surface area contributed by atoms with Crippen molar-refractivity contribution in [3.05, 3.63) is 24.3 Å². The van der Waals surface area contributed by atoms with Crippen molar-refractivity contribution in [1.82, 2.24) is 0 Å². The Morgan fingerprint density at radius 1 is 0.339 bits per heavy atom. The molecule has 6 nitrogen and oxygen atoms in total. The van der Waals surface area contributed by atoms with Gasteiger partial charge in [-0.1, -0.05) is 193 Å². The topological polar surface area (TPSA) is 78.9 Å². The second kappa shape index (κ2) is 45.6. The van der Waals surface area contributed by atoms with Crippen LogP contribution in [0.5, 0.6) is 0 Å². The van der Waals surface area contributed by atoms with E-state index >= 15 is 0 Å². The third kappa shape index (κ3) is 43.0. The molecule has 0 aliphatic carbocycles. The van der Waals surface area contributed by atoms with E-state index in [1.54, 1.807) is 0 Å². The third-order valence-electron chi connectivity index (χ3n) is 10.7. The van der Waals surface area contributed by atoms with Crippen LogP contribution >= 0.6 is 0 Å². The molecule has 0 bridgehead atoms. The first kappa shape index (κ1) is 53.9. The zero-order valence-corrected chi connectivity index (χ0v) is 37.4. The molecule has 0 saturated carbocycles. The maximum absolute atomic E-state index is 12.7. The lowest BCUT2D eigenvalue weighted by Crippen LogP contribution is -2.30. The van der Waals surface area contributed by atoms with E-state index in [1.807, 2.05) is 0 Å². The van der Waals surface area contributed by atoms with Gasteiger partial charge in [0.05, 0.1) is 0 Å². The van der Waals surface area contributed by atoms with Gasteiger partial charge in [-0.25, -0.2) is 0 Å². The number of allylic oxidation sites excluding steroid dienone is 4. The average Bonchev–Trinajstić information content (AvgIpc) is 3.19. The number of rotatable bonds is 44. The molecule has 328 valence electrons. The lowest BCUT2D eigenvalue weighted by Gasteiger charge is -2.18. The summed E-state index contributed by atoms with van der Waals surface area (Å²) in [6.07, 6.45) is 50.2. The SMILES string of the molecule is CCCCC/C=C\CCCCCCCC(=O)OC(COC(=O)CCCCCCCCCC)COC(=O)CCCCCCCCC/C=C\CCCCCCCCC. The van der Waals surface area contributed by atoms with Crippen molar-refractivity contribution in [2.45, 2.75) is 264 Å². The van der Waals surface area contributed by atoms with Gasteiger partial charge in [0, 0.05) is 19.3 Å². The van der Waals surface area contributed by atoms with Crippen LogP contribution in [0.4, 0.5) is 0 Å². The first-order valence-corrected chi connectivity index (χ1v) is 24.3. The molecule has 0 rings (SSSR count). The second-order valence-corrected chi connectivity index (χ2v) is 16.4. The summed E-state index contributed by atoms with van der Waals surface area (Å²) in [5.74, 6) is -0.885. The van der Waals surface area contributed by atoms with E-state index in [9.17, 15) is 14.4 Å². The first-order chi connectivity index (χ1) is 27.5. The molecule has 0 aromatic carbocycles. The van der Waals surface area contributed by atoms with Gasteiger partial charge in [0.25, 0.3) is 0 Å². The van der Waals surface area contributed by atoms with Crippen molar-refractivity contribution in [2.75, 3.05) is 13.2 Å². The normalized spacial score (nSPS) is 12.1. The highest BCUT2D eigenvalue weighted by Gasteiger charge is 2.19. The smallest absolute Gasteiger partial charge is 0.306 e. The van der Waals surface area contributed by atoms with Crippen molar-refractivity contribution < 1.29 is 28.6 Å².